The van der Waals surface area contributed by atoms with Crippen molar-refractivity contribution in [1.29, 1.82) is 0 Å². The summed E-state index contributed by atoms with van der Waals surface area (Å²) in [4.78, 5) is 0. The van der Waals surface area contributed by atoms with Crippen LogP contribution in [-0.2, 0) is 5.60 Å². The van der Waals surface area contributed by atoms with E-state index in [0.29, 0.717) is 23.1 Å². The van der Waals surface area contributed by atoms with Crippen molar-refractivity contribution in [3.63, 3.8) is 0 Å². The van der Waals surface area contributed by atoms with Crippen LogP contribution in [0, 0.1) is 5.82 Å². The summed E-state index contributed by atoms with van der Waals surface area (Å²) in [5, 5.41) is 9.85. The lowest BCUT2D eigenvalue weighted by Crippen LogP contribution is -2.09. The van der Waals surface area contributed by atoms with Gasteiger partial charge in [-0.15, -0.1) is 0 Å². The summed E-state index contributed by atoms with van der Waals surface area (Å²) in [6, 6.07) is 3.00. The van der Waals surface area contributed by atoms with Crippen molar-refractivity contribution in [2.75, 3.05) is 7.11 Å². The number of ether oxygens (including phenoxy) is 1. The molecule has 0 atom stereocenters. The highest BCUT2D eigenvalue weighted by Gasteiger charge is 2.46. The Bertz CT molecular complexity index is 375. The van der Waals surface area contributed by atoms with Gasteiger partial charge in [0.1, 0.15) is 11.6 Å². The van der Waals surface area contributed by atoms with Gasteiger partial charge in [0.25, 0.3) is 0 Å². The molecule has 0 amide bonds. The van der Waals surface area contributed by atoms with Crippen molar-refractivity contribution in [3.8, 4) is 5.75 Å². The van der Waals surface area contributed by atoms with Gasteiger partial charge in [-0.05, 0) is 25.0 Å². The molecule has 14 heavy (non-hydrogen) atoms. The molecular weight excluding hydrogens is 251 g/mol. The third kappa shape index (κ3) is 1.53. The van der Waals surface area contributed by atoms with E-state index in [1.807, 2.05) is 0 Å². The SMILES string of the molecule is COc1cc(Br)cc(F)c1C1(O)CC1. The number of benzene rings is 1. The molecule has 0 aliphatic heterocycles. The predicted octanol–water partition coefficient (Wildman–Crippen LogP) is 2.58. The second-order valence-electron chi connectivity index (χ2n) is 3.50. The van der Waals surface area contributed by atoms with Crippen molar-refractivity contribution in [2.45, 2.75) is 18.4 Å². The topological polar surface area (TPSA) is 29.5 Å². The van der Waals surface area contributed by atoms with Crippen LogP contribution in [0.2, 0.25) is 0 Å². The van der Waals surface area contributed by atoms with Crippen molar-refractivity contribution < 1.29 is 14.2 Å². The normalized spacial score (nSPS) is 18.0. The molecule has 1 aromatic rings. The van der Waals surface area contributed by atoms with Crippen LogP contribution in [0.4, 0.5) is 4.39 Å². The van der Waals surface area contributed by atoms with Crippen molar-refractivity contribution in [1.82, 2.24) is 0 Å². The number of aliphatic hydroxyl groups is 1. The fourth-order valence-electron chi connectivity index (χ4n) is 1.53. The van der Waals surface area contributed by atoms with E-state index in [-0.39, 0.29) is 5.56 Å². The van der Waals surface area contributed by atoms with E-state index < -0.39 is 11.4 Å². The maximum Gasteiger partial charge on any atom is 0.134 e. The van der Waals surface area contributed by atoms with Crippen LogP contribution in [0.25, 0.3) is 0 Å². The first kappa shape index (κ1) is 9.93. The molecule has 1 N–H and O–H groups in total. The Hall–Kier alpha value is -0.610. The molecule has 1 aromatic carbocycles. The molecule has 0 bridgehead atoms. The molecule has 1 aliphatic carbocycles. The first-order chi connectivity index (χ1) is 6.57. The van der Waals surface area contributed by atoms with Gasteiger partial charge in [-0.1, -0.05) is 15.9 Å². The Morgan fingerprint density at radius 1 is 1.50 bits per heavy atom. The monoisotopic (exact) mass is 260 g/mol. The first-order valence-corrected chi connectivity index (χ1v) is 5.12. The van der Waals surface area contributed by atoms with Crippen molar-refractivity contribution in [3.05, 3.63) is 28.0 Å². The summed E-state index contributed by atoms with van der Waals surface area (Å²) in [5.74, 6) is -0.0203. The molecule has 4 heteroatoms. The zero-order valence-corrected chi connectivity index (χ0v) is 9.27. The Labute approximate surface area is 89.8 Å². The zero-order valence-electron chi connectivity index (χ0n) is 7.68. The minimum absolute atomic E-state index is 0.281. The van der Waals surface area contributed by atoms with Gasteiger partial charge in [-0.25, -0.2) is 4.39 Å². The Morgan fingerprint density at radius 3 is 2.64 bits per heavy atom. The molecule has 0 heterocycles. The van der Waals surface area contributed by atoms with E-state index in [4.69, 9.17) is 4.74 Å². The lowest BCUT2D eigenvalue weighted by atomic mass is 10.1. The minimum atomic E-state index is -1.00. The van der Waals surface area contributed by atoms with E-state index in [9.17, 15) is 9.50 Å². The molecule has 2 nitrogen and oxygen atoms in total. The van der Waals surface area contributed by atoms with E-state index in [2.05, 4.69) is 15.9 Å². The van der Waals surface area contributed by atoms with Gasteiger partial charge in [0, 0.05) is 4.47 Å². The van der Waals surface area contributed by atoms with Gasteiger partial charge >= 0.3 is 0 Å². The van der Waals surface area contributed by atoms with Crippen LogP contribution in [0.3, 0.4) is 0 Å². The first-order valence-electron chi connectivity index (χ1n) is 4.33. The summed E-state index contributed by atoms with van der Waals surface area (Å²) in [5.41, 5.74) is -0.723. The molecule has 1 saturated carbocycles. The van der Waals surface area contributed by atoms with Gasteiger partial charge in [-0.3, -0.25) is 0 Å². The van der Waals surface area contributed by atoms with Gasteiger partial charge in [-0.2, -0.15) is 0 Å². The Kier molecular flexibility index (Phi) is 2.27. The van der Waals surface area contributed by atoms with Crippen LogP contribution >= 0.6 is 15.9 Å². The summed E-state index contributed by atoms with van der Waals surface area (Å²) in [6.07, 6.45) is 1.20. The van der Waals surface area contributed by atoms with Crippen molar-refractivity contribution >= 4 is 15.9 Å². The summed E-state index contributed by atoms with van der Waals surface area (Å²) in [6.45, 7) is 0. The Balaban J connectivity index is 2.56. The van der Waals surface area contributed by atoms with Crippen molar-refractivity contribution in [2.24, 2.45) is 0 Å². The van der Waals surface area contributed by atoms with Gasteiger partial charge in [0.05, 0.1) is 18.3 Å². The number of hydrogen-bond donors (Lipinski definition) is 1. The fraction of sp³-hybridized carbons (Fsp3) is 0.400. The zero-order chi connectivity index (χ0) is 10.3. The van der Waals surface area contributed by atoms with Gasteiger partial charge in [0.2, 0.25) is 0 Å². The number of methoxy groups -OCH3 is 1. The van der Waals surface area contributed by atoms with Crippen LogP contribution in [0.15, 0.2) is 16.6 Å². The van der Waals surface area contributed by atoms with Crippen LogP contribution in [0.5, 0.6) is 5.75 Å². The summed E-state index contributed by atoms with van der Waals surface area (Å²) >= 11 is 3.17. The van der Waals surface area contributed by atoms with E-state index in [1.165, 1.54) is 13.2 Å². The quantitative estimate of drug-likeness (QED) is 0.886. The van der Waals surface area contributed by atoms with Crippen LogP contribution < -0.4 is 4.74 Å². The number of halogens is 2. The Morgan fingerprint density at radius 2 is 2.14 bits per heavy atom. The molecule has 0 spiro atoms. The largest absolute Gasteiger partial charge is 0.496 e. The molecule has 0 aromatic heterocycles. The highest BCUT2D eigenvalue weighted by atomic mass is 79.9. The molecule has 0 unspecified atom stereocenters. The molecule has 2 rings (SSSR count). The van der Waals surface area contributed by atoms with E-state index in [0.717, 1.165) is 0 Å². The molecule has 76 valence electrons. The highest BCUT2D eigenvalue weighted by Crippen LogP contribution is 2.50. The number of hydrogen-bond acceptors (Lipinski definition) is 2. The molecule has 1 fully saturated rings. The lowest BCUT2D eigenvalue weighted by molar-refractivity contribution is 0.142. The van der Waals surface area contributed by atoms with E-state index in [1.54, 1.807) is 6.07 Å². The fourth-order valence-corrected chi connectivity index (χ4v) is 1.94. The van der Waals surface area contributed by atoms with Crippen LogP contribution in [-0.4, -0.2) is 12.2 Å². The predicted molar refractivity (Wildman–Crippen MR) is 53.8 cm³/mol. The second kappa shape index (κ2) is 3.21. The average molecular weight is 261 g/mol. The molecular formula is C10H10BrFO2. The number of rotatable bonds is 2. The summed E-state index contributed by atoms with van der Waals surface area (Å²) in [7, 11) is 1.47. The van der Waals surface area contributed by atoms with Crippen LogP contribution in [0.1, 0.15) is 18.4 Å². The molecule has 0 saturated heterocycles. The van der Waals surface area contributed by atoms with Gasteiger partial charge < -0.3 is 9.84 Å². The lowest BCUT2D eigenvalue weighted by Gasteiger charge is -2.14. The third-order valence-corrected chi connectivity index (χ3v) is 2.89. The maximum atomic E-state index is 13.6. The molecule has 0 radical (unpaired) electrons. The molecule has 1 aliphatic rings. The maximum absolute atomic E-state index is 13.6. The highest BCUT2D eigenvalue weighted by molar-refractivity contribution is 9.10. The standard InChI is InChI=1S/C10H10BrFO2/c1-14-8-5-6(11)4-7(12)9(8)10(13)2-3-10/h4-5,13H,2-3H2,1H3. The second-order valence-corrected chi connectivity index (χ2v) is 4.41. The average Bonchev–Trinajstić information content (AvgIpc) is 2.82. The summed E-state index contributed by atoms with van der Waals surface area (Å²) < 4.78 is 19.2. The third-order valence-electron chi connectivity index (χ3n) is 2.43. The minimum Gasteiger partial charge on any atom is -0.496 e. The van der Waals surface area contributed by atoms with E-state index >= 15 is 0 Å². The van der Waals surface area contributed by atoms with Gasteiger partial charge in [0.15, 0.2) is 0 Å². The smallest absolute Gasteiger partial charge is 0.134 e.